The minimum absolute atomic E-state index is 0.00381. The Morgan fingerprint density at radius 2 is 1.90 bits per heavy atom. The molecule has 0 radical (unpaired) electrons. The van der Waals surface area contributed by atoms with E-state index >= 15 is 0 Å². The Morgan fingerprint density at radius 1 is 1.15 bits per heavy atom. The van der Waals surface area contributed by atoms with E-state index in [2.05, 4.69) is 17.6 Å². The van der Waals surface area contributed by atoms with Gasteiger partial charge in [-0.05, 0) is 18.6 Å². The first-order chi connectivity index (χ1) is 9.71. The van der Waals surface area contributed by atoms with E-state index in [9.17, 15) is 4.79 Å². The molecule has 0 fully saturated rings. The molecule has 0 saturated heterocycles. The second-order valence-corrected chi connectivity index (χ2v) is 4.48. The number of unbranched alkanes of at least 4 members (excludes halogenated alkanes) is 2. The summed E-state index contributed by atoms with van der Waals surface area (Å²) < 4.78 is 10.4. The van der Waals surface area contributed by atoms with Crippen LogP contribution < -0.4 is 20.1 Å². The number of hydrogen-bond donors (Lipinski definition) is 2. The fraction of sp³-hybridized carbons (Fsp3) is 0.533. The number of ether oxygens (including phenoxy) is 2. The average molecular weight is 280 g/mol. The first-order valence-corrected chi connectivity index (χ1v) is 6.93. The van der Waals surface area contributed by atoms with Crippen molar-refractivity contribution in [3.8, 4) is 11.5 Å². The van der Waals surface area contributed by atoms with Crippen molar-refractivity contribution in [3.05, 3.63) is 18.2 Å². The molecule has 0 unspecified atom stereocenters. The number of nitrogens with one attached hydrogen (secondary N) is 2. The van der Waals surface area contributed by atoms with Crippen molar-refractivity contribution in [1.29, 1.82) is 0 Å². The zero-order chi connectivity index (χ0) is 14.8. The van der Waals surface area contributed by atoms with E-state index in [0.29, 0.717) is 11.5 Å². The number of carbonyl (C=O) groups excluding carboxylic acids is 1. The predicted molar refractivity (Wildman–Crippen MR) is 80.6 cm³/mol. The molecule has 5 heteroatoms. The van der Waals surface area contributed by atoms with Gasteiger partial charge in [-0.2, -0.15) is 0 Å². The van der Waals surface area contributed by atoms with Gasteiger partial charge in [0.2, 0.25) is 5.91 Å². The highest BCUT2D eigenvalue weighted by atomic mass is 16.5. The maximum atomic E-state index is 11.6. The Bertz CT molecular complexity index is 422. The number of methoxy groups -OCH3 is 2. The summed E-state index contributed by atoms with van der Waals surface area (Å²) in [5.41, 5.74) is 0.825. The molecule has 1 rings (SSSR count). The van der Waals surface area contributed by atoms with E-state index in [0.717, 1.165) is 31.5 Å². The smallest absolute Gasteiger partial charge is 0.239 e. The van der Waals surface area contributed by atoms with Crippen LogP contribution in [0, 0.1) is 0 Å². The minimum atomic E-state index is -0.00381. The van der Waals surface area contributed by atoms with Gasteiger partial charge in [0, 0.05) is 18.3 Å². The summed E-state index contributed by atoms with van der Waals surface area (Å²) in [5, 5.41) is 5.95. The molecule has 1 aromatic rings. The second kappa shape index (κ2) is 9.07. The lowest BCUT2D eigenvalue weighted by molar-refractivity contribution is -0.119. The van der Waals surface area contributed by atoms with E-state index in [-0.39, 0.29) is 12.5 Å². The lowest BCUT2D eigenvalue weighted by atomic mass is 10.2. The number of hydrogen-bond acceptors (Lipinski definition) is 4. The normalized spacial score (nSPS) is 9.95. The highest BCUT2D eigenvalue weighted by molar-refractivity contribution is 5.80. The van der Waals surface area contributed by atoms with Crippen molar-refractivity contribution in [2.75, 3.05) is 32.6 Å². The third-order valence-corrected chi connectivity index (χ3v) is 2.94. The lowest BCUT2D eigenvalue weighted by Crippen LogP contribution is -2.30. The number of rotatable bonds is 9. The minimum Gasteiger partial charge on any atom is -0.493 e. The third-order valence-electron chi connectivity index (χ3n) is 2.94. The summed E-state index contributed by atoms with van der Waals surface area (Å²) in [6.07, 6.45) is 3.32. The second-order valence-electron chi connectivity index (χ2n) is 4.48. The Kier molecular flexibility index (Phi) is 7.32. The fourth-order valence-electron chi connectivity index (χ4n) is 1.79. The predicted octanol–water partition coefficient (Wildman–Crippen LogP) is 2.42. The van der Waals surface area contributed by atoms with Crippen molar-refractivity contribution < 1.29 is 14.3 Å². The summed E-state index contributed by atoms with van der Waals surface area (Å²) >= 11 is 0. The van der Waals surface area contributed by atoms with Crippen LogP contribution in [-0.4, -0.2) is 33.2 Å². The maximum Gasteiger partial charge on any atom is 0.239 e. The van der Waals surface area contributed by atoms with Gasteiger partial charge < -0.3 is 20.1 Å². The highest BCUT2D eigenvalue weighted by Gasteiger charge is 2.05. The van der Waals surface area contributed by atoms with Gasteiger partial charge in [0.1, 0.15) is 0 Å². The Balaban J connectivity index is 2.39. The first kappa shape index (κ1) is 16.1. The zero-order valence-corrected chi connectivity index (χ0v) is 12.5. The van der Waals surface area contributed by atoms with Crippen LogP contribution in [0.4, 0.5) is 5.69 Å². The maximum absolute atomic E-state index is 11.6. The molecule has 112 valence electrons. The van der Waals surface area contributed by atoms with Crippen molar-refractivity contribution >= 4 is 11.6 Å². The van der Waals surface area contributed by atoms with Crippen LogP contribution in [0.25, 0.3) is 0 Å². The van der Waals surface area contributed by atoms with Crippen LogP contribution in [0.15, 0.2) is 18.2 Å². The van der Waals surface area contributed by atoms with E-state index < -0.39 is 0 Å². The molecule has 0 spiro atoms. The molecular formula is C15H24N2O3. The van der Waals surface area contributed by atoms with Crippen molar-refractivity contribution in [2.45, 2.75) is 26.2 Å². The van der Waals surface area contributed by atoms with Crippen LogP contribution in [-0.2, 0) is 4.79 Å². The molecule has 1 aromatic carbocycles. The summed E-state index contributed by atoms with van der Waals surface area (Å²) in [6.45, 7) is 3.13. The fourth-order valence-corrected chi connectivity index (χ4v) is 1.79. The summed E-state index contributed by atoms with van der Waals surface area (Å²) in [7, 11) is 3.18. The molecule has 20 heavy (non-hydrogen) atoms. The van der Waals surface area contributed by atoms with Crippen molar-refractivity contribution in [1.82, 2.24) is 5.32 Å². The van der Waals surface area contributed by atoms with E-state index in [1.54, 1.807) is 20.3 Å². The largest absolute Gasteiger partial charge is 0.493 e. The van der Waals surface area contributed by atoms with Crippen molar-refractivity contribution in [2.24, 2.45) is 0 Å². The Morgan fingerprint density at radius 3 is 2.55 bits per heavy atom. The van der Waals surface area contributed by atoms with Crippen LogP contribution in [0.2, 0.25) is 0 Å². The monoisotopic (exact) mass is 280 g/mol. The van der Waals surface area contributed by atoms with E-state index in [1.807, 2.05) is 12.1 Å². The quantitative estimate of drug-likeness (QED) is 0.682. The number of carbonyl (C=O) groups is 1. The van der Waals surface area contributed by atoms with Gasteiger partial charge in [-0.1, -0.05) is 19.8 Å². The molecule has 0 aliphatic rings. The molecule has 0 bridgehead atoms. The number of amides is 1. The van der Waals surface area contributed by atoms with E-state index in [1.165, 1.54) is 0 Å². The van der Waals surface area contributed by atoms with Crippen molar-refractivity contribution in [3.63, 3.8) is 0 Å². The standard InChI is InChI=1S/C15H24N2O3/c1-4-5-6-9-16-15(18)11-17-12-7-8-13(19-2)14(10-12)20-3/h7-8,10,17H,4-6,9,11H2,1-3H3,(H,16,18). The van der Waals surface area contributed by atoms with Gasteiger partial charge in [0.15, 0.2) is 11.5 Å². The van der Waals surface area contributed by atoms with Gasteiger partial charge in [0.25, 0.3) is 0 Å². The molecule has 5 nitrogen and oxygen atoms in total. The van der Waals surface area contributed by atoms with Gasteiger partial charge in [-0.25, -0.2) is 0 Å². The van der Waals surface area contributed by atoms with Gasteiger partial charge in [-0.3, -0.25) is 4.79 Å². The SMILES string of the molecule is CCCCCNC(=O)CNc1ccc(OC)c(OC)c1. The molecule has 2 N–H and O–H groups in total. The molecular weight excluding hydrogens is 256 g/mol. The molecule has 0 atom stereocenters. The van der Waals surface area contributed by atoms with Gasteiger partial charge >= 0.3 is 0 Å². The summed E-state index contributed by atoms with van der Waals surface area (Å²) in [4.78, 5) is 11.6. The Labute approximate surface area is 120 Å². The molecule has 0 aliphatic carbocycles. The highest BCUT2D eigenvalue weighted by Crippen LogP contribution is 2.29. The summed E-state index contributed by atoms with van der Waals surface area (Å²) in [5.74, 6) is 1.30. The van der Waals surface area contributed by atoms with Gasteiger partial charge in [0.05, 0.1) is 20.8 Å². The molecule has 1 amide bonds. The third kappa shape index (κ3) is 5.38. The average Bonchev–Trinajstić information content (AvgIpc) is 2.49. The number of anilines is 1. The van der Waals surface area contributed by atoms with Crippen LogP contribution in [0.1, 0.15) is 26.2 Å². The molecule has 0 aromatic heterocycles. The summed E-state index contributed by atoms with van der Waals surface area (Å²) in [6, 6.07) is 5.47. The molecule has 0 aliphatic heterocycles. The van der Waals surface area contributed by atoms with Gasteiger partial charge in [-0.15, -0.1) is 0 Å². The van der Waals surface area contributed by atoms with Crippen LogP contribution in [0.3, 0.4) is 0 Å². The zero-order valence-electron chi connectivity index (χ0n) is 12.5. The van der Waals surface area contributed by atoms with Crippen LogP contribution in [0.5, 0.6) is 11.5 Å². The molecule has 0 heterocycles. The molecule has 0 saturated carbocycles. The topological polar surface area (TPSA) is 59.6 Å². The van der Waals surface area contributed by atoms with E-state index in [4.69, 9.17) is 9.47 Å². The lowest BCUT2D eigenvalue weighted by Gasteiger charge is -2.11. The van der Waals surface area contributed by atoms with Crippen LogP contribution >= 0.6 is 0 Å². The number of benzene rings is 1. The Hall–Kier alpha value is -1.91. The first-order valence-electron chi connectivity index (χ1n) is 6.93.